The number of hydrogen-bond acceptors (Lipinski definition) is 8. The van der Waals surface area contributed by atoms with Crippen LogP contribution in [0.5, 0.6) is 0 Å². The van der Waals surface area contributed by atoms with Crippen LogP contribution in [-0.2, 0) is 9.47 Å². The average Bonchev–Trinajstić information content (AvgIpc) is 2.89. The highest BCUT2D eigenvalue weighted by atomic mass is 16.6. The number of aliphatic hydroxyl groups excluding tert-OH is 2. The van der Waals surface area contributed by atoms with Gasteiger partial charge in [0.25, 0.3) is 5.56 Å². The molecule has 0 amide bonds. The average molecular weight is 349 g/mol. The normalized spacial score (nSPS) is 25.7. The Morgan fingerprint density at radius 2 is 2.12 bits per heavy atom. The van der Waals surface area contributed by atoms with Crippen molar-refractivity contribution in [3.63, 3.8) is 0 Å². The highest BCUT2D eigenvalue weighted by Crippen LogP contribution is 2.28. The highest BCUT2D eigenvalue weighted by Gasteiger charge is 2.44. The van der Waals surface area contributed by atoms with E-state index >= 15 is 0 Å². The van der Waals surface area contributed by atoms with Crippen molar-refractivity contribution in [2.24, 2.45) is 0 Å². The smallest absolute Gasteiger partial charge is 0.339 e. The van der Waals surface area contributed by atoms with Crippen molar-refractivity contribution < 1.29 is 24.5 Å². The summed E-state index contributed by atoms with van der Waals surface area (Å²) >= 11 is 0. The molecule has 1 fully saturated rings. The number of rotatable bonds is 4. The van der Waals surface area contributed by atoms with Gasteiger partial charge in [-0.05, 0) is 12.1 Å². The van der Waals surface area contributed by atoms with Crippen LogP contribution < -0.4 is 11.2 Å². The predicted molar refractivity (Wildman–Crippen MR) is 81.8 cm³/mol. The molecule has 3 rings (SSSR count). The number of carbonyl (C=O) groups excluding carboxylic acids is 1. The fourth-order valence-electron chi connectivity index (χ4n) is 2.45. The summed E-state index contributed by atoms with van der Waals surface area (Å²) < 4.78 is 11.4. The summed E-state index contributed by atoms with van der Waals surface area (Å²) in [4.78, 5) is 40.6. The summed E-state index contributed by atoms with van der Waals surface area (Å²) in [7, 11) is 0. The molecule has 3 N–H and O–H groups in total. The maximum Gasteiger partial charge on any atom is 0.339 e. The van der Waals surface area contributed by atoms with Gasteiger partial charge >= 0.3 is 11.7 Å². The molecular formula is C15H15N3O7. The summed E-state index contributed by atoms with van der Waals surface area (Å²) in [5.74, 6) is -0.664. The number of aliphatic hydroxyl groups is 2. The van der Waals surface area contributed by atoms with E-state index in [-0.39, 0.29) is 12.2 Å². The lowest BCUT2D eigenvalue weighted by molar-refractivity contribution is -0.0599. The van der Waals surface area contributed by atoms with Crippen LogP contribution in [0.2, 0.25) is 0 Å². The number of ether oxygens (including phenoxy) is 2. The third-order valence-electron chi connectivity index (χ3n) is 3.74. The molecule has 0 bridgehead atoms. The molecule has 1 saturated heterocycles. The summed E-state index contributed by atoms with van der Waals surface area (Å²) in [5, 5.41) is 20.1. The van der Waals surface area contributed by atoms with E-state index in [1.54, 1.807) is 6.07 Å². The third-order valence-corrected chi connectivity index (χ3v) is 3.74. The zero-order valence-corrected chi connectivity index (χ0v) is 12.8. The van der Waals surface area contributed by atoms with Crippen molar-refractivity contribution in [1.82, 2.24) is 14.5 Å². The summed E-state index contributed by atoms with van der Waals surface area (Å²) in [5.41, 5.74) is -1.17. The first-order chi connectivity index (χ1) is 12.0. The van der Waals surface area contributed by atoms with Gasteiger partial charge in [-0.2, -0.15) is 0 Å². The molecule has 25 heavy (non-hydrogen) atoms. The maximum absolute atomic E-state index is 11.9. The molecule has 0 radical (unpaired) electrons. The van der Waals surface area contributed by atoms with E-state index < -0.39 is 41.8 Å². The first-order valence-corrected chi connectivity index (χ1v) is 7.37. The molecule has 0 aromatic carbocycles. The molecule has 0 saturated carbocycles. The topological polar surface area (TPSA) is 144 Å². The molecule has 2 aromatic rings. The molecule has 10 heteroatoms. The molecule has 4 atom stereocenters. The number of esters is 1. The molecule has 10 nitrogen and oxygen atoms in total. The Hall–Kier alpha value is -2.82. The van der Waals surface area contributed by atoms with Crippen molar-refractivity contribution in [3.05, 3.63) is 63.2 Å². The fraction of sp³-hybridized carbons (Fsp3) is 0.333. The van der Waals surface area contributed by atoms with Gasteiger partial charge in [0.05, 0.1) is 5.56 Å². The number of aromatic nitrogens is 3. The van der Waals surface area contributed by atoms with Gasteiger partial charge in [0.15, 0.2) is 6.23 Å². The van der Waals surface area contributed by atoms with Crippen molar-refractivity contribution in [1.29, 1.82) is 0 Å². The van der Waals surface area contributed by atoms with E-state index in [0.717, 1.165) is 16.8 Å². The number of aromatic amines is 1. The number of carbonyl (C=O) groups is 1. The zero-order chi connectivity index (χ0) is 18.0. The summed E-state index contributed by atoms with van der Waals surface area (Å²) in [6, 6.07) is 4.16. The van der Waals surface area contributed by atoms with E-state index in [9.17, 15) is 24.6 Å². The van der Waals surface area contributed by atoms with Crippen LogP contribution in [0.3, 0.4) is 0 Å². The maximum atomic E-state index is 11.9. The Labute approximate surface area is 140 Å². The van der Waals surface area contributed by atoms with Gasteiger partial charge in [-0.25, -0.2) is 9.59 Å². The summed E-state index contributed by atoms with van der Waals surface area (Å²) in [6.07, 6.45) is -1.11. The summed E-state index contributed by atoms with van der Waals surface area (Å²) in [6.45, 7) is -0.333. The lowest BCUT2D eigenvalue weighted by Crippen LogP contribution is -2.37. The molecule has 1 aliphatic heterocycles. The predicted octanol–water partition coefficient (Wildman–Crippen LogP) is -1.59. The van der Waals surface area contributed by atoms with Crippen molar-refractivity contribution in [3.8, 4) is 0 Å². The molecule has 0 aliphatic carbocycles. The van der Waals surface area contributed by atoms with Crippen LogP contribution >= 0.6 is 0 Å². The molecule has 0 spiro atoms. The molecular weight excluding hydrogens is 334 g/mol. The number of pyridine rings is 1. The standard InChI is InChI=1S/C15H15N3O7/c19-10-3-5-18(15(23)17-10)13-12(21)11(20)9(25-13)7-24-14(22)8-2-1-4-16-6-8/h1-6,9,11-13,20-21H,7H2,(H,17,19,23)/t9-,11-,12-,13-/m1/s1. The Kier molecular flexibility index (Phi) is 4.74. The van der Waals surface area contributed by atoms with Crippen LogP contribution in [-0.4, -0.2) is 55.6 Å². The van der Waals surface area contributed by atoms with Gasteiger partial charge in [0, 0.05) is 24.7 Å². The molecule has 1 aliphatic rings. The van der Waals surface area contributed by atoms with Crippen LogP contribution in [0.1, 0.15) is 16.6 Å². The zero-order valence-electron chi connectivity index (χ0n) is 12.8. The largest absolute Gasteiger partial charge is 0.459 e. The molecule has 2 aromatic heterocycles. The Bertz CT molecular complexity index is 863. The van der Waals surface area contributed by atoms with Crippen LogP contribution in [0.15, 0.2) is 46.4 Å². The third kappa shape index (κ3) is 3.50. The van der Waals surface area contributed by atoms with Crippen molar-refractivity contribution >= 4 is 5.97 Å². The second kappa shape index (κ2) is 6.97. The molecule has 0 unspecified atom stereocenters. The van der Waals surface area contributed by atoms with Gasteiger partial charge in [-0.1, -0.05) is 0 Å². The number of H-pyrrole nitrogens is 1. The Morgan fingerprint density at radius 1 is 1.32 bits per heavy atom. The fourth-order valence-corrected chi connectivity index (χ4v) is 2.45. The van der Waals surface area contributed by atoms with E-state index in [2.05, 4.69) is 4.98 Å². The van der Waals surface area contributed by atoms with Crippen molar-refractivity contribution in [2.75, 3.05) is 6.61 Å². The van der Waals surface area contributed by atoms with E-state index in [0.29, 0.717) is 0 Å². The van der Waals surface area contributed by atoms with Crippen LogP contribution in [0.4, 0.5) is 0 Å². The number of nitrogens with one attached hydrogen (secondary N) is 1. The Morgan fingerprint density at radius 3 is 2.80 bits per heavy atom. The Balaban J connectivity index is 1.69. The van der Waals surface area contributed by atoms with Gasteiger partial charge < -0.3 is 19.7 Å². The minimum absolute atomic E-state index is 0.226. The first kappa shape index (κ1) is 17.0. The number of nitrogens with zero attached hydrogens (tertiary/aromatic N) is 2. The SMILES string of the molecule is O=C(OC[C@H]1O[C@@H](n2ccc(=O)[nH]c2=O)[C@H](O)[C@@H]1O)c1cccnc1. The van der Waals surface area contributed by atoms with Crippen LogP contribution in [0, 0.1) is 0 Å². The van der Waals surface area contributed by atoms with Crippen molar-refractivity contribution in [2.45, 2.75) is 24.5 Å². The second-order valence-corrected chi connectivity index (χ2v) is 5.40. The van der Waals surface area contributed by atoms with Gasteiger partial charge in [0.1, 0.15) is 24.9 Å². The van der Waals surface area contributed by atoms with E-state index in [4.69, 9.17) is 9.47 Å². The molecule has 3 heterocycles. The lowest BCUT2D eigenvalue weighted by Gasteiger charge is -2.16. The second-order valence-electron chi connectivity index (χ2n) is 5.40. The van der Waals surface area contributed by atoms with Gasteiger partial charge in [-0.15, -0.1) is 0 Å². The molecule has 132 valence electrons. The van der Waals surface area contributed by atoms with E-state index in [1.165, 1.54) is 18.5 Å². The minimum Gasteiger partial charge on any atom is -0.459 e. The highest BCUT2D eigenvalue weighted by molar-refractivity contribution is 5.88. The quantitative estimate of drug-likeness (QED) is 0.560. The first-order valence-electron chi connectivity index (χ1n) is 7.37. The monoisotopic (exact) mass is 349 g/mol. The van der Waals surface area contributed by atoms with E-state index in [1.807, 2.05) is 4.98 Å². The van der Waals surface area contributed by atoms with Gasteiger partial charge in [0.2, 0.25) is 0 Å². The number of hydrogen-bond donors (Lipinski definition) is 3. The minimum atomic E-state index is -1.44. The van der Waals surface area contributed by atoms with Gasteiger partial charge in [-0.3, -0.25) is 19.3 Å². The lowest BCUT2D eigenvalue weighted by atomic mass is 10.1. The van der Waals surface area contributed by atoms with Crippen LogP contribution in [0.25, 0.3) is 0 Å².